The first-order valence-corrected chi connectivity index (χ1v) is 5.87. The molecule has 1 saturated heterocycles. The average Bonchev–Trinajstić information content (AvgIpc) is 2.32. The molecule has 1 aliphatic heterocycles. The molecule has 1 heterocycles. The van der Waals surface area contributed by atoms with Crippen LogP contribution in [-0.4, -0.2) is 23.8 Å². The van der Waals surface area contributed by atoms with Gasteiger partial charge in [0.25, 0.3) is 0 Å². The number of benzene rings is 1. The maximum absolute atomic E-state index is 12.6. The molecule has 107 valence electrons. The summed E-state index contributed by atoms with van der Waals surface area (Å²) in [5.74, 6) is -1.38. The monoisotopic (exact) mass is 285 g/mol. The van der Waals surface area contributed by atoms with Crippen LogP contribution in [0.15, 0.2) is 24.3 Å². The van der Waals surface area contributed by atoms with Gasteiger partial charge in [-0.05, 0) is 25.1 Å². The van der Waals surface area contributed by atoms with Gasteiger partial charge in [-0.3, -0.25) is 9.59 Å². The fraction of sp³-hybridized carbons (Fsp3) is 0.308. The minimum absolute atomic E-state index is 0.130. The molecule has 4 nitrogen and oxygen atoms in total. The van der Waals surface area contributed by atoms with Gasteiger partial charge in [0.15, 0.2) is 5.78 Å². The fourth-order valence-electron chi connectivity index (χ4n) is 1.95. The number of carbonyl (C=O) groups is 2. The average molecular weight is 285 g/mol. The summed E-state index contributed by atoms with van der Waals surface area (Å²) in [6.07, 6.45) is -3.12. The fourth-order valence-corrected chi connectivity index (χ4v) is 1.95. The molecule has 1 amide bonds. The van der Waals surface area contributed by atoms with Gasteiger partial charge in [0.05, 0.1) is 12.0 Å². The molecule has 0 bridgehead atoms. The summed E-state index contributed by atoms with van der Waals surface area (Å²) in [7, 11) is 0. The van der Waals surface area contributed by atoms with Crippen LogP contribution in [0.2, 0.25) is 0 Å². The van der Waals surface area contributed by atoms with Gasteiger partial charge in [-0.15, -0.1) is 0 Å². The first-order chi connectivity index (χ1) is 9.24. The Kier molecular flexibility index (Phi) is 3.56. The molecular weight excluding hydrogens is 273 g/mol. The molecule has 0 saturated carbocycles. The second-order valence-corrected chi connectivity index (χ2v) is 4.60. The number of alkyl halides is 3. The third-order valence-electron chi connectivity index (χ3n) is 3.25. The Labute approximate surface area is 113 Å². The number of ketones is 1. The van der Waals surface area contributed by atoms with E-state index in [9.17, 15) is 22.8 Å². The summed E-state index contributed by atoms with van der Waals surface area (Å²) >= 11 is 0. The Morgan fingerprint density at radius 1 is 1.35 bits per heavy atom. The zero-order valence-electron chi connectivity index (χ0n) is 10.3. The summed E-state index contributed by atoms with van der Waals surface area (Å²) in [5.41, 5.74) is 2.91. The van der Waals surface area contributed by atoms with Gasteiger partial charge in [-0.2, -0.15) is 13.2 Å². The number of primary amides is 1. The largest absolute Gasteiger partial charge is 0.416 e. The van der Waals surface area contributed by atoms with Crippen molar-refractivity contribution in [1.29, 1.82) is 0 Å². The molecule has 1 aliphatic rings. The van der Waals surface area contributed by atoms with Crippen LogP contribution in [0, 0.1) is 6.42 Å². The van der Waals surface area contributed by atoms with E-state index in [1.54, 1.807) is 0 Å². The molecule has 1 aromatic carbocycles. The number of halogens is 3. The van der Waals surface area contributed by atoms with E-state index in [1.807, 2.05) is 0 Å². The van der Waals surface area contributed by atoms with Crippen molar-refractivity contribution in [3.8, 4) is 0 Å². The molecule has 0 spiro atoms. The third kappa shape index (κ3) is 2.67. The number of hydrogen-bond donors (Lipinski definition) is 2. The minimum atomic E-state index is -4.52. The van der Waals surface area contributed by atoms with Crippen LogP contribution in [0.5, 0.6) is 0 Å². The van der Waals surface area contributed by atoms with Gasteiger partial charge in [-0.25, -0.2) is 0 Å². The Morgan fingerprint density at radius 2 is 2.00 bits per heavy atom. The molecule has 0 aliphatic carbocycles. The highest BCUT2D eigenvalue weighted by Gasteiger charge is 2.44. The van der Waals surface area contributed by atoms with Crippen LogP contribution in [0.1, 0.15) is 22.3 Å². The van der Waals surface area contributed by atoms with E-state index >= 15 is 0 Å². The minimum Gasteiger partial charge on any atom is -0.368 e. The maximum Gasteiger partial charge on any atom is 0.416 e. The summed E-state index contributed by atoms with van der Waals surface area (Å²) in [4.78, 5) is 23.3. The van der Waals surface area contributed by atoms with Gasteiger partial charge in [0.1, 0.15) is 5.54 Å². The SMILES string of the molecule is NC(=O)C1([CH]C(=O)c2cccc(C(F)(F)F)c2)CCN1. The van der Waals surface area contributed by atoms with Crippen molar-refractivity contribution in [2.75, 3.05) is 6.54 Å². The molecule has 3 N–H and O–H groups in total. The van der Waals surface area contributed by atoms with E-state index in [1.165, 1.54) is 6.07 Å². The number of rotatable bonds is 4. The standard InChI is InChI=1S/C13H12F3N2O2/c14-13(15,16)9-3-1-2-8(6-9)10(19)7-12(11(17)20)4-5-18-12/h1-3,6-7,18H,4-5H2,(H2,17,20). The number of nitrogens with two attached hydrogens (primary N) is 1. The lowest BCUT2D eigenvalue weighted by molar-refractivity contribution is -0.137. The van der Waals surface area contributed by atoms with Crippen LogP contribution in [0.4, 0.5) is 13.2 Å². The van der Waals surface area contributed by atoms with Crippen molar-refractivity contribution < 1.29 is 22.8 Å². The summed E-state index contributed by atoms with van der Waals surface area (Å²) in [5, 5.41) is 2.73. The summed E-state index contributed by atoms with van der Waals surface area (Å²) < 4.78 is 37.7. The highest BCUT2D eigenvalue weighted by molar-refractivity contribution is 6.08. The molecule has 2 rings (SSSR count). The zero-order valence-corrected chi connectivity index (χ0v) is 10.3. The Bertz CT molecular complexity index is 551. The van der Waals surface area contributed by atoms with Gasteiger partial charge in [0.2, 0.25) is 5.91 Å². The van der Waals surface area contributed by atoms with Gasteiger partial charge in [-0.1, -0.05) is 12.1 Å². The van der Waals surface area contributed by atoms with Gasteiger partial charge < -0.3 is 11.1 Å². The Balaban J connectivity index is 2.20. The molecule has 1 atom stereocenters. The van der Waals surface area contributed by atoms with Crippen LogP contribution in [0.25, 0.3) is 0 Å². The maximum atomic E-state index is 12.6. The summed E-state index contributed by atoms with van der Waals surface area (Å²) in [6.45, 7) is 0.523. The number of hydrogen-bond acceptors (Lipinski definition) is 3. The van der Waals surface area contributed by atoms with E-state index < -0.39 is 29.0 Å². The Hall–Kier alpha value is -1.89. The lowest BCUT2D eigenvalue weighted by Gasteiger charge is -2.39. The van der Waals surface area contributed by atoms with Crippen molar-refractivity contribution >= 4 is 11.7 Å². The molecular formula is C13H12F3N2O2. The lowest BCUT2D eigenvalue weighted by atomic mass is 9.81. The molecule has 0 aromatic heterocycles. The molecule has 7 heteroatoms. The van der Waals surface area contributed by atoms with E-state index in [0.29, 0.717) is 13.0 Å². The first kappa shape index (κ1) is 14.5. The second-order valence-electron chi connectivity index (χ2n) is 4.60. The molecule has 1 unspecified atom stereocenters. The number of amides is 1. The quantitative estimate of drug-likeness (QED) is 0.819. The summed E-state index contributed by atoms with van der Waals surface area (Å²) in [6, 6.07) is 4.05. The van der Waals surface area contributed by atoms with Crippen molar-refractivity contribution in [3.63, 3.8) is 0 Å². The second kappa shape index (κ2) is 4.90. The van der Waals surface area contributed by atoms with E-state index in [4.69, 9.17) is 5.73 Å². The predicted octanol–water partition coefficient (Wildman–Crippen LogP) is 1.31. The van der Waals surface area contributed by atoms with E-state index in [-0.39, 0.29) is 5.56 Å². The number of nitrogens with one attached hydrogen (secondary N) is 1. The molecule has 1 radical (unpaired) electrons. The van der Waals surface area contributed by atoms with E-state index in [2.05, 4.69) is 5.32 Å². The zero-order chi connectivity index (χ0) is 15.0. The van der Waals surface area contributed by atoms with Crippen LogP contribution < -0.4 is 11.1 Å². The smallest absolute Gasteiger partial charge is 0.368 e. The topological polar surface area (TPSA) is 72.2 Å². The highest BCUT2D eigenvalue weighted by Crippen LogP contribution is 2.30. The Morgan fingerprint density at radius 3 is 2.45 bits per heavy atom. The normalized spacial score (nSPS) is 22.1. The first-order valence-electron chi connectivity index (χ1n) is 5.87. The van der Waals surface area contributed by atoms with Crippen molar-refractivity contribution in [2.24, 2.45) is 5.73 Å². The molecule has 20 heavy (non-hydrogen) atoms. The third-order valence-corrected chi connectivity index (χ3v) is 3.25. The molecule has 1 aromatic rings. The molecule has 1 fully saturated rings. The van der Waals surface area contributed by atoms with Crippen molar-refractivity contribution in [2.45, 2.75) is 18.1 Å². The van der Waals surface area contributed by atoms with Crippen molar-refractivity contribution in [1.82, 2.24) is 5.32 Å². The predicted molar refractivity (Wildman–Crippen MR) is 64.6 cm³/mol. The lowest BCUT2D eigenvalue weighted by Crippen LogP contribution is -2.65. The highest BCUT2D eigenvalue weighted by atomic mass is 19.4. The van der Waals surface area contributed by atoms with Gasteiger partial charge >= 0.3 is 6.18 Å². The van der Waals surface area contributed by atoms with E-state index in [0.717, 1.165) is 24.6 Å². The van der Waals surface area contributed by atoms with Crippen LogP contribution >= 0.6 is 0 Å². The number of Topliss-reactive ketones (excluding diaryl/α,β-unsaturated/α-hetero) is 1. The number of carbonyl (C=O) groups excluding carboxylic acids is 2. The van der Waals surface area contributed by atoms with Crippen molar-refractivity contribution in [3.05, 3.63) is 41.8 Å². The van der Waals surface area contributed by atoms with Gasteiger partial charge in [0, 0.05) is 5.56 Å². The van der Waals surface area contributed by atoms with Crippen LogP contribution in [-0.2, 0) is 11.0 Å². The van der Waals surface area contributed by atoms with Crippen LogP contribution in [0.3, 0.4) is 0 Å².